The highest BCUT2D eigenvalue weighted by atomic mass is 35.5. The zero-order valence-electron chi connectivity index (χ0n) is 16.2. The molecule has 0 atom stereocenters. The molecule has 3 aromatic carbocycles. The van der Waals surface area contributed by atoms with Gasteiger partial charge in [0, 0.05) is 5.69 Å². The number of halogens is 2. The van der Waals surface area contributed by atoms with E-state index in [1.165, 1.54) is 41.1 Å². The number of para-hydroxylation sites is 2. The number of nitrogens with zero attached hydrogens (tertiary/aromatic N) is 2. The Morgan fingerprint density at radius 2 is 1.90 bits per heavy atom. The average molecular weight is 440 g/mol. The monoisotopic (exact) mass is 439 g/mol. The first-order valence-corrected chi connectivity index (χ1v) is 10.7. The molecule has 152 valence electrons. The quantitative estimate of drug-likeness (QED) is 0.379. The van der Waals surface area contributed by atoms with E-state index in [4.69, 9.17) is 16.6 Å². The molecule has 0 fully saturated rings. The number of carbonyl (C=O) groups is 1. The fraction of sp³-hybridized carbons (Fsp3) is 0.130. The highest BCUT2D eigenvalue weighted by Gasteiger charge is 2.14. The average Bonchev–Trinajstić information content (AvgIpc) is 3.08. The van der Waals surface area contributed by atoms with E-state index in [0.29, 0.717) is 12.2 Å². The van der Waals surface area contributed by atoms with Gasteiger partial charge in [0.1, 0.15) is 5.82 Å². The highest BCUT2D eigenvalue weighted by molar-refractivity contribution is 7.99. The van der Waals surface area contributed by atoms with Crippen LogP contribution in [0.3, 0.4) is 0 Å². The Hall–Kier alpha value is -2.83. The SMILES string of the molecule is Cc1ccccc1Cn1c(SCC(=O)Nc2ccc(F)c(Cl)c2)nc2ccccc21. The molecule has 0 saturated heterocycles. The number of aryl methyl sites for hydroxylation is 1. The summed E-state index contributed by atoms with van der Waals surface area (Å²) < 4.78 is 15.4. The van der Waals surface area contributed by atoms with Crippen LogP contribution < -0.4 is 5.32 Å². The fourth-order valence-corrected chi connectivity index (χ4v) is 4.17. The summed E-state index contributed by atoms with van der Waals surface area (Å²) in [5, 5.41) is 3.49. The maximum atomic E-state index is 13.3. The standard InChI is InChI=1S/C23H19ClFN3OS/c1-15-6-2-3-7-16(15)13-28-21-9-5-4-8-20(21)27-23(28)30-14-22(29)26-17-10-11-19(25)18(24)12-17/h2-12H,13-14H2,1H3,(H,26,29). The van der Waals surface area contributed by atoms with E-state index in [9.17, 15) is 9.18 Å². The first-order valence-electron chi connectivity index (χ1n) is 9.39. The second-order valence-corrected chi connectivity index (χ2v) is 8.21. The number of anilines is 1. The molecule has 0 radical (unpaired) electrons. The number of hydrogen-bond donors (Lipinski definition) is 1. The number of nitrogens with one attached hydrogen (secondary N) is 1. The number of benzene rings is 3. The lowest BCUT2D eigenvalue weighted by Crippen LogP contribution is -2.15. The van der Waals surface area contributed by atoms with E-state index in [-0.39, 0.29) is 16.7 Å². The van der Waals surface area contributed by atoms with Crippen molar-refractivity contribution < 1.29 is 9.18 Å². The number of amides is 1. The minimum absolute atomic E-state index is 0.0273. The van der Waals surface area contributed by atoms with Crippen molar-refractivity contribution in [2.45, 2.75) is 18.6 Å². The third kappa shape index (κ3) is 4.50. The largest absolute Gasteiger partial charge is 0.325 e. The van der Waals surface area contributed by atoms with Crippen LogP contribution in [0.25, 0.3) is 11.0 Å². The van der Waals surface area contributed by atoms with Crippen molar-refractivity contribution in [2.24, 2.45) is 0 Å². The molecule has 0 aliphatic heterocycles. The lowest BCUT2D eigenvalue weighted by Gasteiger charge is -2.11. The Morgan fingerprint density at radius 3 is 2.70 bits per heavy atom. The van der Waals surface area contributed by atoms with E-state index >= 15 is 0 Å². The molecule has 0 aliphatic carbocycles. The molecule has 1 amide bonds. The Bertz CT molecular complexity index is 1220. The molecule has 0 unspecified atom stereocenters. The minimum atomic E-state index is -0.519. The molecule has 30 heavy (non-hydrogen) atoms. The summed E-state index contributed by atoms with van der Waals surface area (Å²) in [4.78, 5) is 17.1. The van der Waals surface area contributed by atoms with Gasteiger partial charge in [0.25, 0.3) is 0 Å². The fourth-order valence-electron chi connectivity index (χ4n) is 3.18. The Kier molecular flexibility index (Phi) is 6.06. The van der Waals surface area contributed by atoms with Crippen LogP contribution in [0.15, 0.2) is 71.9 Å². The first-order chi connectivity index (χ1) is 14.5. The second kappa shape index (κ2) is 8.90. The van der Waals surface area contributed by atoms with Gasteiger partial charge in [0.2, 0.25) is 5.91 Å². The maximum Gasteiger partial charge on any atom is 0.234 e. The summed E-state index contributed by atoms with van der Waals surface area (Å²) in [6.07, 6.45) is 0. The third-order valence-electron chi connectivity index (χ3n) is 4.74. The van der Waals surface area contributed by atoms with E-state index in [1.54, 1.807) is 0 Å². The number of aromatic nitrogens is 2. The van der Waals surface area contributed by atoms with Gasteiger partial charge in [0.15, 0.2) is 5.16 Å². The molecule has 1 heterocycles. The van der Waals surface area contributed by atoms with Gasteiger partial charge in [-0.25, -0.2) is 9.37 Å². The van der Waals surface area contributed by atoms with Crippen LogP contribution in [0.1, 0.15) is 11.1 Å². The van der Waals surface area contributed by atoms with Gasteiger partial charge in [-0.1, -0.05) is 59.8 Å². The smallest absolute Gasteiger partial charge is 0.234 e. The number of thioether (sulfide) groups is 1. The van der Waals surface area contributed by atoms with Crippen LogP contribution in [0.2, 0.25) is 5.02 Å². The third-order valence-corrected chi connectivity index (χ3v) is 6.01. The van der Waals surface area contributed by atoms with Gasteiger partial charge in [-0.15, -0.1) is 0 Å². The topological polar surface area (TPSA) is 46.9 Å². The van der Waals surface area contributed by atoms with E-state index in [2.05, 4.69) is 28.9 Å². The van der Waals surface area contributed by atoms with Crippen molar-refractivity contribution >= 4 is 46.0 Å². The molecule has 4 rings (SSSR count). The van der Waals surface area contributed by atoms with E-state index < -0.39 is 5.82 Å². The van der Waals surface area contributed by atoms with Gasteiger partial charge in [0.05, 0.1) is 28.4 Å². The molecule has 0 aliphatic rings. The Labute approximate surface area is 183 Å². The summed E-state index contributed by atoms with van der Waals surface area (Å²) in [6.45, 7) is 2.76. The van der Waals surface area contributed by atoms with E-state index in [0.717, 1.165) is 16.2 Å². The van der Waals surface area contributed by atoms with Crippen molar-refractivity contribution in [3.8, 4) is 0 Å². The van der Waals surface area contributed by atoms with Crippen LogP contribution >= 0.6 is 23.4 Å². The predicted octanol–water partition coefficient (Wildman–Crippen LogP) is 5.92. The minimum Gasteiger partial charge on any atom is -0.325 e. The summed E-state index contributed by atoms with van der Waals surface area (Å²) in [5.74, 6) is -0.558. The van der Waals surface area contributed by atoms with Crippen LogP contribution in [-0.2, 0) is 11.3 Å². The molecular formula is C23H19ClFN3OS. The molecule has 4 aromatic rings. The lowest BCUT2D eigenvalue weighted by molar-refractivity contribution is -0.113. The van der Waals surface area contributed by atoms with Crippen LogP contribution in [-0.4, -0.2) is 21.2 Å². The normalized spacial score (nSPS) is 11.0. The van der Waals surface area contributed by atoms with Crippen molar-refractivity contribution in [3.05, 3.63) is 88.7 Å². The van der Waals surface area contributed by atoms with Crippen LogP contribution in [0.5, 0.6) is 0 Å². The van der Waals surface area contributed by atoms with Crippen molar-refractivity contribution in [1.29, 1.82) is 0 Å². The van der Waals surface area contributed by atoms with Gasteiger partial charge in [-0.3, -0.25) is 4.79 Å². The zero-order valence-corrected chi connectivity index (χ0v) is 17.8. The van der Waals surface area contributed by atoms with Gasteiger partial charge < -0.3 is 9.88 Å². The molecule has 0 spiro atoms. The van der Waals surface area contributed by atoms with Gasteiger partial charge in [-0.2, -0.15) is 0 Å². The zero-order chi connectivity index (χ0) is 21.1. The summed E-state index contributed by atoms with van der Waals surface area (Å²) in [7, 11) is 0. The molecular weight excluding hydrogens is 421 g/mol. The maximum absolute atomic E-state index is 13.3. The molecule has 1 aromatic heterocycles. The molecule has 0 bridgehead atoms. The Morgan fingerprint density at radius 1 is 1.13 bits per heavy atom. The van der Waals surface area contributed by atoms with Gasteiger partial charge in [-0.05, 0) is 48.4 Å². The number of imidazole rings is 1. The van der Waals surface area contributed by atoms with Gasteiger partial charge >= 0.3 is 0 Å². The molecule has 0 saturated carbocycles. The number of fused-ring (bicyclic) bond motifs is 1. The molecule has 7 heteroatoms. The second-order valence-electron chi connectivity index (χ2n) is 6.86. The number of rotatable bonds is 6. The number of carbonyl (C=O) groups excluding carboxylic acids is 1. The Balaban J connectivity index is 1.54. The van der Waals surface area contributed by atoms with Crippen molar-refractivity contribution in [3.63, 3.8) is 0 Å². The summed E-state index contributed by atoms with van der Waals surface area (Å²) in [6, 6.07) is 20.3. The first kappa shape index (κ1) is 20.4. The summed E-state index contributed by atoms with van der Waals surface area (Å²) in [5.41, 5.74) is 4.78. The van der Waals surface area contributed by atoms with Crippen LogP contribution in [0.4, 0.5) is 10.1 Å². The van der Waals surface area contributed by atoms with Crippen molar-refractivity contribution in [2.75, 3.05) is 11.1 Å². The molecule has 4 nitrogen and oxygen atoms in total. The van der Waals surface area contributed by atoms with Crippen LogP contribution in [0, 0.1) is 12.7 Å². The predicted molar refractivity (Wildman–Crippen MR) is 121 cm³/mol. The lowest BCUT2D eigenvalue weighted by atomic mass is 10.1. The summed E-state index contributed by atoms with van der Waals surface area (Å²) >= 11 is 7.15. The van der Waals surface area contributed by atoms with Crippen molar-refractivity contribution in [1.82, 2.24) is 9.55 Å². The molecule has 1 N–H and O–H groups in total. The van der Waals surface area contributed by atoms with E-state index in [1.807, 2.05) is 36.4 Å². The highest BCUT2D eigenvalue weighted by Crippen LogP contribution is 2.26. The number of hydrogen-bond acceptors (Lipinski definition) is 3.